The topological polar surface area (TPSA) is 79.2 Å². The van der Waals surface area contributed by atoms with E-state index in [1.807, 2.05) is 23.1 Å². The van der Waals surface area contributed by atoms with Crippen molar-refractivity contribution in [1.29, 1.82) is 0 Å². The third-order valence-electron chi connectivity index (χ3n) is 4.27. The Hall–Kier alpha value is -2.50. The summed E-state index contributed by atoms with van der Waals surface area (Å²) in [5.41, 5.74) is 1.79. The molecule has 126 valence electrons. The molecule has 1 fully saturated rings. The van der Waals surface area contributed by atoms with Crippen LogP contribution in [0.3, 0.4) is 0 Å². The first-order valence-electron chi connectivity index (χ1n) is 8.47. The Balaban J connectivity index is 2.03. The van der Waals surface area contributed by atoms with Crippen molar-refractivity contribution in [3.8, 4) is 11.4 Å². The molecule has 0 amide bonds. The van der Waals surface area contributed by atoms with Crippen molar-refractivity contribution in [2.75, 3.05) is 11.4 Å². The summed E-state index contributed by atoms with van der Waals surface area (Å²) >= 11 is 0. The molecule has 1 atom stereocenters. The number of pyridine rings is 1. The summed E-state index contributed by atoms with van der Waals surface area (Å²) < 4.78 is 0. The van der Waals surface area contributed by atoms with Gasteiger partial charge in [-0.05, 0) is 37.8 Å². The van der Waals surface area contributed by atoms with Crippen LogP contribution in [0.25, 0.3) is 11.4 Å². The number of carboxylic acids is 1. The molecule has 1 N–H and O–H groups in total. The number of rotatable bonds is 5. The van der Waals surface area contributed by atoms with Crippen LogP contribution >= 0.6 is 0 Å². The maximum atomic E-state index is 11.6. The zero-order chi connectivity index (χ0) is 16.9. The molecule has 6 nitrogen and oxygen atoms in total. The fourth-order valence-corrected chi connectivity index (χ4v) is 3.10. The van der Waals surface area contributed by atoms with Gasteiger partial charge in [-0.25, -0.2) is 14.8 Å². The summed E-state index contributed by atoms with van der Waals surface area (Å²) in [6.07, 6.45) is 7.85. The highest BCUT2D eigenvalue weighted by Gasteiger charge is 2.30. The van der Waals surface area contributed by atoms with Crippen LogP contribution in [0.5, 0.6) is 0 Å². The minimum absolute atomic E-state index is 0.509. The lowest BCUT2D eigenvalue weighted by atomic mass is 10.0. The van der Waals surface area contributed by atoms with Crippen LogP contribution in [-0.4, -0.2) is 38.6 Å². The number of aliphatic carboxylic acids is 1. The number of aryl methyl sites for hydroxylation is 1. The van der Waals surface area contributed by atoms with Gasteiger partial charge in [-0.15, -0.1) is 0 Å². The molecule has 3 rings (SSSR count). The van der Waals surface area contributed by atoms with Crippen molar-refractivity contribution in [2.45, 2.75) is 45.1 Å². The number of piperidine rings is 1. The number of hydrogen-bond acceptors (Lipinski definition) is 5. The average molecular weight is 326 g/mol. The quantitative estimate of drug-likeness (QED) is 0.910. The monoisotopic (exact) mass is 326 g/mol. The summed E-state index contributed by atoms with van der Waals surface area (Å²) in [7, 11) is 0. The number of carbonyl (C=O) groups is 1. The van der Waals surface area contributed by atoms with Gasteiger partial charge in [0.1, 0.15) is 11.9 Å². The van der Waals surface area contributed by atoms with Crippen molar-refractivity contribution in [3.63, 3.8) is 0 Å². The molecule has 0 aliphatic carbocycles. The second-order valence-corrected chi connectivity index (χ2v) is 6.08. The molecular formula is C18H22N4O2. The van der Waals surface area contributed by atoms with Gasteiger partial charge in [0, 0.05) is 36.3 Å². The lowest BCUT2D eigenvalue weighted by Crippen LogP contribution is -2.45. The molecule has 24 heavy (non-hydrogen) atoms. The minimum Gasteiger partial charge on any atom is -0.480 e. The Kier molecular flexibility index (Phi) is 5.03. The smallest absolute Gasteiger partial charge is 0.326 e. The summed E-state index contributed by atoms with van der Waals surface area (Å²) in [4.78, 5) is 26.9. The molecule has 2 aromatic heterocycles. The van der Waals surface area contributed by atoms with Gasteiger partial charge in [-0.1, -0.05) is 13.3 Å². The van der Waals surface area contributed by atoms with Gasteiger partial charge in [0.05, 0.1) is 0 Å². The zero-order valence-electron chi connectivity index (χ0n) is 13.9. The first-order valence-corrected chi connectivity index (χ1v) is 8.47. The highest BCUT2D eigenvalue weighted by Crippen LogP contribution is 2.26. The molecule has 0 aromatic carbocycles. The van der Waals surface area contributed by atoms with Gasteiger partial charge >= 0.3 is 5.97 Å². The molecule has 0 saturated carbocycles. The number of nitrogens with zero attached hydrogens (tertiary/aromatic N) is 4. The Morgan fingerprint density at radius 3 is 2.96 bits per heavy atom. The molecule has 0 bridgehead atoms. The minimum atomic E-state index is -0.784. The molecule has 0 spiro atoms. The number of anilines is 1. The van der Waals surface area contributed by atoms with Crippen molar-refractivity contribution in [3.05, 3.63) is 36.3 Å². The summed E-state index contributed by atoms with van der Waals surface area (Å²) in [6.45, 7) is 2.82. The van der Waals surface area contributed by atoms with E-state index < -0.39 is 12.0 Å². The largest absolute Gasteiger partial charge is 0.480 e. The van der Waals surface area contributed by atoms with E-state index in [2.05, 4.69) is 21.9 Å². The first kappa shape index (κ1) is 16.4. The third-order valence-corrected chi connectivity index (χ3v) is 4.27. The molecule has 1 unspecified atom stereocenters. The van der Waals surface area contributed by atoms with Gasteiger partial charge in [0.2, 0.25) is 0 Å². The maximum absolute atomic E-state index is 11.6. The van der Waals surface area contributed by atoms with E-state index >= 15 is 0 Å². The molecule has 1 aliphatic heterocycles. The molecular weight excluding hydrogens is 304 g/mol. The van der Waals surface area contributed by atoms with E-state index in [1.54, 1.807) is 12.4 Å². The van der Waals surface area contributed by atoms with Crippen LogP contribution in [-0.2, 0) is 11.2 Å². The molecule has 0 radical (unpaired) electrons. The van der Waals surface area contributed by atoms with Gasteiger partial charge in [-0.2, -0.15) is 0 Å². The van der Waals surface area contributed by atoms with Crippen LogP contribution in [0.2, 0.25) is 0 Å². The first-order chi connectivity index (χ1) is 11.7. The van der Waals surface area contributed by atoms with Crippen molar-refractivity contribution >= 4 is 11.8 Å². The van der Waals surface area contributed by atoms with Gasteiger partial charge in [-0.3, -0.25) is 4.98 Å². The van der Waals surface area contributed by atoms with Crippen LogP contribution in [0, 0.1) is 0 Å². The predicted octanol–water partition coefficient (Wildman–Crippen LogP) is 2.93. The van der Waals surface area contributed by atoms with E-state index in [1.165, 1.54) is 0 Å². The average Bonchev–Trinajstić information content (AvgIpc) is 2.62. The number of hydrogen-bond donors (Lipinski definition) is 1. The maximum Gasteiger partial charge on any atom is 0.326 e. The third kappa shape index (κ3) is 3.53. The Morgan fingerprint density at radius 1 is 1.38 bits per heavy atom. The van der Waals surface area contributed by atoms with E-state index in [4.69, 9.17) is 0 Å². The summed E-state index contributed by atoms with van der Waals surface area (Å²) in [6, 6.07) is 5.20. The van der Waals surface area contributed by atoms with Gasteiger partial charge in [0.15, 0.2) is 5.82 Å². The predicted molar refractivity (Wildman–Crippen MR) is 91.9 cm³/mol. The zero-order valence-corrected chi connectivity index (χ0v) is 13.9. The molecule has 3 heterocycles. The van der Waals surface area contributed by atoms with Crippen LogP contribution < -0.4 is 4.90 Å². The molecule has 1 saturated heterocycles. The van der Waals surface area contributed by atoms with Crippen molar-refractivity contribution in [2.24, 2.45) is 0 Å². The van der Waals surface area contributed by atoms with Gasteiger partial charge < -0.3 is 10.0 Å². The summed E-state index contributed by atoms with van der Waals surface area (Å²) in [5.74, 6) is 0.534. The number of carboxylic acid groups (broad SMARTS) is 1. The highest BCUT2D eigenvalue weighted by molar-refractivity contribution is 5.78. The van der Waals surface area contributed by atoms with Crippen molar-refractivity contribution < 1.29 is 9.90 Å². The Labute approximate surface area is 141 Å². The SMILES string of the molecule is CCCc1cc(N2CCCCC2C(=O)O)nc(-c2cccnc2)n1. The van der Waals surface area contributed by atoms with E-state index in [9.17, 15) is 9.90 Å². The Bertz CT molecular complexity index is 705. The fourth-order valence-electron chi connectivity index (χ4n) is 3.10. The lowest BCUT2D eigenvalue weighted by molar-refractivity contribution is -0.139. The van der Waals surface area contributed by atoms with E-state index in [0.29, 0.717) is 24.6 Å². The number of aromatic nitrogens is 3. The molecule has 1 aliphatic rings. The lowest BCUT2D eigenvalue weighted by Gasteiger charge is -2.34. The normalized spacial score (nSPS) is 17.7. The fraction of sp³-hybridized carbons (Fsp3) is 0.444. The standard InChI is InChI=1S/C18H22N4O2/c1-2-6-14-11-16(22-10-4-3-8-15(22)18(23)24)21-17(20-14)13-7-5-9-19-12-13/h5,7,9,11-12,15H,2-4,6,8,10H2,1H3,(H,23,24). The second kappa shape index (κ2) is 7.38. The van der Waals surface area contributed by atoms with E-state index in [0.717, 1.165) is 36.9 Å². The van der Waals surface area contributed by atoms with Gasteiger partial charge in [0.25, 0.3) is 0 Å². The van der Waals surface area contributed by atoms with Crippen molar-refractivity contribution in [1.82, 2.24) is 15.0 Å². The highest BCUT2D eigenvalue weighted by atomic mass is 16.4. The molecule has 2 aromatic rings. The second-order valence-electron chi connectivity index (χ2n) is 6.08. The van der Waals surface area contributed by atoms with E-state index in [-0.39, 0.29) is 0 Å². The van der Waals surface area contributed by atoms with Crippen LogP contribution in [0.15, 0.2) is 30.6 Å². The van der Waals surface area contributed by atoms with Crippen LogP contribution in [0.1, 0.15) is 38.3 Å². The molecule has 6 heteroatoms. The Morgan fingerprint density at radius 2 is 2.25 bits per heavy atom. The summed E-state index contributed by atoms with van der Waals surface area (Å²) in [5, 5.41) is 9.53. The van der Waals surface area contributed by atoms with Crippen LogP contribution in [0.4, 0.5) is 5.82 Å².